The molecule has 1 aliphatic heterocycles. The van der Waals surface area contributed by atoms with E-state index in [9.17, 15) is 19.5 Å². The van der Waals surface area contributed by atoms with E-state index in [0.717, 1.165) is 6.08 Å². The normalized spacial score (nSPS) is 21.7. The average molecular weight is 510 g/mol. The van der Waals surface area contributed by atoms with Crippen molar-refractivity contribution in [3.05, 3.63) is 76.3 Å². The monoisotopic (exact) mass is 509 g/mol. The number of carboxylic acids is 1. The maximum absolute atomic E-state index is 13.0. The van der Waals surface area contributed by atoms with E-state index in [0.29, 0.717) is 17.6 Å². The predicted octanol–water partition coefficient (Wildman–Crippen LogP) is 4.26. The minimum Gasteiger partial charge on any atom is -0.497 e. The average Bonchev–Trinajstić information content (AvgIpc) is 2.82. The summed E-state index contributed by atoms with van der Waals surface area (Å²) in [6.07, 6.45) is 1.35. The molecule has 2 aromatic rings. The number of thioether (sulfide) groups is 1. The number of methoxy groups -OCH3 is 2. The Balaban J connectivity index is 1.79. The summed E-state index contributed by atoms with van der Waals surface area (Å²) in [6.45, 7) is 0.225. The van der Waals surface area contributed by atoms with Crippen LogP contribution in [0.2, 0.25) is 5.02 Å². The van der Waals surface area contributed by atoms with Gasteiger partial charge in [0.2, 0.25) is 0 Å². The molecule has 7 nitrogen and oxygen atoms in total. The fourth-order valence-electron chi connectivity index (χ4n) is 3.81. The van der Waals surface area contributed by atoms with Crippen molar-refractivity contribution >= 4 is 41.1 Å². The molecule has 1 N–H and O–H groups in total. The van der Waals surface area contributed by atoms with E-state index < -0.39 is 37.3 Å². The number of halogens is 1. The molecule has 34 heavy (non-hydrogen) atoms. The van der Waals surface area contributed by atoms with Crippen molar-refractivity contribution in [3.63, 3.8) is 0 Å². The first-order valence-corrected chi connectivity index (χ1v) is 11.6. The minimum absolute atomic E-state index is 0.0187. The Bertz CT molecular complexity index is 1280. The molecular weight excluding hydrogens is 478 g/mol. The topological polar surface area (TPSA) is 93.1 Å². The van der Waals surface area contributed by atoms with Gasteiger partial charge in [-0.15, -0.1) is 11.8 Å². The third-order valence-corrected chi connectivity index (χ3v) is 7.08. The minimum atomic E-state index is -2.99. The van der Waals surface area contributed by atoms with Crippen molar-refractivity contribution in [1.29, 1.82) is 0 Å². The van der Waals surface area contributed by atoms with Crippen LogP contribution in [0.4, 0.5) is 0 Å². The highest BCUT2D eigenvalue weighted by Gasteiger charge is 2.35. The van der Waals surface area contributed by atoms with Crippen molar-refractivity contribution in [1.82, 2.24) is 4.90 Å². The molecular formula is C25H26ClNO6S. The summed E-state index contributed by atoms with van der Waals surface area (Å²) >= 11 is 7.54. The molecule has 9 heteroatoms. The van der Waals surface area contributed by atoms with Crippen molar-refractivity contribution in [3.8, 4) is 5.75 Å². The molecule has 0 amide bonds. The van der Waals surface area contributed by atoms with Crippen LogP contribution in [0.3, 0.4) is 0 Å². The molecule has 0 saturated carbocycles. The number of benzene rings is 2. The lowest BCUT2D eigenvalue weighted by molar-refractivity contribution is -0.147. The molecule has 3 rings (SSSR count). The van der Waals surface area contributed by atoms with Gasteiger partial charge in [0, 0.05) is 35.0 Å². The number of rotatable bonds is 9. The number of aliphatic carboxylic acids is 1. The van der Waals surface area contributed by atoms with Crippen LogP contribution in [0.25, 0.3) is 0 Å². The molecule has 1 aliphatic rings. The summed E-state index contributed by atoms with van der Waals surface area (Å²) in [4.78, 5) is 39.1. The number of piperidine rings is 1. The van der Waals surface area contributed by atoms with E-state index in [-0.39, 0.29) is 41.0 Å². The van der Waals surface area contributed by atoms with E-state index in [2.05, 4.69) is 0 Å². The number of likely N-dealkylation sites (tertiary alicyclic amines) is 1. The van der Waals surface area contributed by atoms with Gasteiger partial charge in [0.05, 0.1) is 28.1 Å². The summed E-state index contributed by atoms with van der Waals surface area (Å²) in [5, 5.41) is 9.31. The second-order valence-corrected chi connectivity index (χ2v) is 9.11. The molecule has 0 unspecified atom stereocenters. The summed E-state index contributed by atoms with van der Waals surface area (Å²) in [7, 11) is -5.66. The Hall–Kier alpha value is -2.81. The zero-order valence-electron chi connectivity index (χ0n) is 23.9. The number of Topliss-reactive ketones (excluding diaryl/α,β-unsaturated/α-hetero) is 1. The molecule has 1 heterocycles. The summed E-state index contributed by atoms with van der Waals surface area (Å²) < 4.78 is 53.3. The molecule has 1 fully saturated rings. The quantitative estimate of drug-likeness (QED) is 0.304. The van der Waals surface area contributed by atoms with Crippen LogP contribution in [0.15, 0.2) is 60.2 Å². The Morgan fingerprint density at radius 2 is 2.09 bits per heavy atom. The van der Waals surface area contributed by atoms with Crippen LogP contribution in [0, 0.1) is 0 Å². The lowest BCUT2D eigenvalue weighted by Crippen LogP contribution is -2.43. The fraction of sp³-hybridized carbons (Fsp3) is 0.320. The number of ketones is 1. The van der Waals surface area contributed by atoms with Gasteiger partial charge in [-0.3, -0.25) is 9.69 Å². The summed E-state index contributed by atoms with van der Waals surface area (Å²) in [6, 6.07) is 11.0. The van der Waals surface area contributed by atoms with Gasteiger partial charge in [-0.2, -0.15) is 0 Å². The van der Waals surface area contributed by atoms with E-state index in [1.165, 1.54) is 36.0 Å². The largest absolute Gasteiger partial charge is 0.497 e. The highest BCUT2D eigenvalue weighted by atomic mass is 35.5. The third kappa shape index (κ3) is 6.40. The highest BCUT2D eigenvalue weighted by Crippen LogP contribution is 2.35. The zero-order chi connectivity index (χ0) is 29.7. The first kappa shape index (κ1) is 18.5. The van der Waals surface area contributed by atoms with Crippen LogP contribution in [-0.2, 0) is 14.3 Å². The summed E-state index contributed by atoms with van der Waals surface area (Å²) in [5.41, 5.74) is 0.963. The lowest BCUT2D eigenvalue weighted by Gasteiger charge is -2.38. The molecule has 2 atom stereocenters. The molecule has 0 radical (unpaired) electrons. The van der Waals surface area contributed by atoms with Gasteiger partial charge >= 0.3 is 11.9 Å². The smallest absolute Gasteiger partial charge is 0.328 e. The Morgan fingerprint density at radius 3 is 2.82 bits per heavy atom. The van der Waals surface area contributed by atoms with Gasteiger partial charge in [0.25, 0.3) is 0 Å². The van der Waals surface area contributed by atoms with Crippen molar-refractivity contribution in [2.75, 3.05) is 32.9 Å². The van der Waals surface area contributed by atoms with Crippen molar-refractivity contribution in [2.24, 2.45) is 0 Å². The van der Waals surface area contributed by atoms with Gasteiger partial charge in [0.15, 0.2) is 5.78 Å². The van der Waals surface area contributed by atoms with Gasteiger partial charge in [-0.05, 0) is 35.8 Å². The standard InChI is InChI=1S/C25H26ClNO6S/c1-32-18-7-5-6-16(12-18)21(28)15-34-22-10-11-27(14-17(22)13-23(29)30)24(25(31)33-2)19-8-3-4-9-20(19)26/h3-9,12-13,22,24H,10-11,14-15H2,1-2H3,(H,29,30)/b17-13-/t22-,24+/m1/s1/i1D3,2D3. The van der Waals surface area contributed by atoms with Gasteiger partial charge < -0.3 is 14.6 Å². The number of hydrogen-bond donors (Lipinski definition) is 1. The van der Waals surface area contributed by atoms with Crippen LogP contribution >= 0.6 is 23.4 Å². The van der Waals surface area contributed by atoms with Crippen LogP contribution < -0.4 is 4.74 Å². The highest BCUT2D eigenvalue weighted by molar-refractivity contribution is 8.00. The van der Waals surface area contributed by atoms with Crippen molar-refractivity contribution < 1.29 is 37.2 Å². The molecule has 0 aliphatic carbocycles. The number of carbonyl (C=O) groups excluding carboxylic acids is 2. The van der Waals surface area contributed by atoms with Crippen molar-refractivity contribution in [2.45, 2.75) is 17.7 Å². The van der Waals surface area contributed by atoms with E-state index in [1.807, 2.05) is 0 Å². The van der Waals surface area contributed by atoms with Crippen LogP contribution in [-0.4, -0.2) is 65.9 Å². The number of hydrogen-bond acceptors (Lipinski definition) is 7. The maximum atomic E-state index is 13.0. The maximum Gasteiger partial charge on any atom is 0.328 e. The van der Waals surface area contributed by atoms with Gasteiger partial charge in [0.1, 0.15) is 11.8 Å². The van der Waals surface area contributed by atoms with Crippen LogP contribution in [0.5, 0.6) is 5.75 Å². The van der Waals surface area contributed by atoms with E-state index >= 15 is 0 Å². The number of carbonyl (C=O) groups is 3. The molecule has 180 valence electrons. The molecule has 0 aromatic heterocycles. The molecule has 1 saturated heterocycles. The Labute approximate surface area is 216 Å². The number of carboxylic acid groups (broad SMARTS) is 1. The van der Waals surface area contributed by atoms with E-state index in [4.69, 9.17) is 29.3 Å². The molecule has 0 bridgehead atoms. The Kier molecular flexibility index (Phi) is 6.56. The number of esters is 1. The Morgan fingerprint density at radius 1 is 1.26 bits per heavy atom. The number of ether oxygens (including phenoxy) is 2. The summed E-state index contributed by atoms with van der Waals surface area (Å²) in [5.74, 6) is -2.60. The molecule has 2 aromatic carbocycles. The third-order valence-electron chi connectivity index (χ3n) is 5.36. The van der Waals surface area contributed by atoms with Gasteiger partial charge in [-0.25, -0.2) is 9.59 Å². The second kappa shape index (κ2) is 12.1. The predicted molar refractivity (Wildman–Crippen MR) is 132 cm³/mol. The fourth-order valence-corrected chi connectivity index (χ4v) is 5.20. The van der Waals surface area contributed by atoms with Gasteiger partial charge in [-0.1, -0.05) is 41.9 Å². The van der Waals surface area contributed by atoms with Crippen LogP contribution in [0.1, 0.15) is 36.6 Å². The zero-order valence-corrected chi connectivity index (χ0v) is 19.5. The first-order valence-electron chi connectivity index (χ1n) is 13.2. The second-order valence-electron chi connectivity index (χ2n) is 7.51. The SMILES string of the molecule is [2H]C([2H])([2H])OC(=O)[C@H](c1ccccc1Cl)N1CC[C@@H](SCC(=O)c2cccc(OC([2H])([2H])[2H])c2)/C(=C\C(=O)O)C1. The number of nitrogens with zero attached hydrogens (tertiary/aromatic N) is 1. The van der Waals surface area contributed by atoms with E-state index in [1.54, 1.807) is 29.2 Å². The molecule has 0 spiro atoms. The lowest BCUT2D eigenvalue weighted by atomic mass is 9.98. The first-order chi connectivity index (χ1) is 18.6.